The summed E-state index contributed by atoms with van der Waals surface area (Å²) in [4.78, 5) is 22.2. The van der Waals surface area contributed by atoms with Crippen LogP contribution < -0.4 is 4.90 Å². The van der Waals surface area contributed by atoms with Crippen molar-refractivity contribution < 1.29 is 4.79 Å². The lowest BCUT2D eigenvalue weighted by Crippen LogP contribution is -2.33. The Morgan fingerprint density at radius 1 is 0.839 bits per heavy atom. The van der Waals surface area contributed by atoms with Crippen molar-refractivity contribution in [3.8, 4) is 0 Å². The molecule has 0 aliphatic rings. The first kappa shape index (κ1) is 21.2. The second-order valence-electron chi connectivity index (χ2n) is 7.94. The summed E-state index contributed by atoms with van der Waals surface area (Å²) in [7, 11) is 4.10. The number of fused-ring (bicyclic) bond motifs is 1. The molecule has 0 spiro atoms. The monoisotopic (exact) mass is 429 g/mol. The fourth-order valence-corrected chi connectivity index (χ4v) is 4.55. The minimum Gasteiger partial charge on any atom is -0.309 e. The third kappa shape index (κ3) is 5.37. The molecule has 0 radical (unpaired) electrons. The maximum absolute atomic E-state index is 13.4. The van der Waals surface area contributed by atoms with E-state index in [4.69, 9.17) is 4.98 Å². The van der Waals surface area contributed by atoms with Gasteiger partial charge < -0.3 is 4.90 Å². The number of rotatable bonds is 8. The number of hydrogen-bond donors (Lipinski definition) is 0. The van der Waals surface area contributed by atoms with Gasteiger partial charge in [0.15, 0.2) is 5.13 Å². The SMILES string of the molecule is CN(C)CCCN(C(=O)c1ccc(Cc2ccccc2)cc1)c1nc2ccccc2s1. The van der Waals surface area contributed by atoms with Crippen LogP contribution in [0.3, 0.4) is 0 Å². The van der Waals surface area contributed by atoms with E-state index >= 15 is 0 Å². The van der Waals surface area contributed by atoms with Crippen molar-refractivity contribution in [2.24, 2.45) is 0 Å². The lowest BCUT2D eigenvalue weighted by atomic mass is 10.0. The van der Waals surface area contributed by atoms with Crippen molar-refractivity contribution in [2.45, 2.75) is 12.8 Å². The van der Waals surface area contributed by atoms with Gasteiger partial charge >= 0.3 is 0 Å². The maximum atomic E-state index is 13.4. The highest BCUT2D eigenvalue weighted by Gasteiger charge is 2.21. The summed E-state index contributed by atoms with van der Waals surface area (Å²) in [6.45, 7) is 1.56. The van der Waals surface area contributed by atoms with Gasteiger partial charge in [-0.1, -0.05) is 65.9 Å². The van der Waals surface area contributed by atoms with Gasteiger partial charge in [0.1, 0.15) is 0 Å². The van der Waals surface area contributed by atoms with Crippen LogP contribution in [0.4, 0.5) is 5.13 Å². The number of carbonyl (C=O) groups excluding carboxylic acids is 1. The van der Waals surface area contributed by atoms with Gasteiger partial charge in [-0.15, -0.1) is 0 Å². The van der Waals surface area contributed by atoms with Crippen LogP contribution in [0.25, 0.3) is 10.2 Å². The molecule has 1 amide bonds. The number of aromatic nitrogens is 1. The second-order valence-corrected chi connectivity index (χ2v) is 8.95. The van der Waals surface area contributed by atoms with Crippen molar-refractivity contribution in [2.75, 3.05) is 32.1 Å². The van der Waals surface area contributed by atoms with Crippen molar-refractivity contribution in [3.05, 3.63) is 95.6 Å². The van der Waals surface area contributed by atoms with E-state index in [1.807, 2.05) is 41.3 Å². The Kier molecular flexibility index (Phi) is 6.75. The van der Waals surface area contributed by atoms with Gasteiger partial charge in [-0.05, 0) is 68.9 Å². The first-order valence-corrected chi connectivity index (χ1v) is 11.4. The highest BCUT2D eigenvalue weighted by molar-refractivity contribution is 7.22. The smallest absolute Gasteiger partial charge is 0.260 e. The molecule has 1 heterocycles. The molecule has 0 saturated heterocycles. The van der Waals surface area contributed by atoms with Crippen molar-refractivity contribution in [1.29, 1.82) is 0 Å². The van der Waals surface area contributed by atoms with Crippen LogP contribution in [0, 0.1) is 0 Å². The van der Waals surface area contributed by atoms with Gasteiger partial charge in [-0.2, -0.15) is 0 Å². The number of para-hydroxylation sites is 1. The van der Waals surface area contributed by atoms with E-state index in [9.17, 15) is 4.79 Å². The van der Waals surface area contributed by atoms with Gasteiger partial charge in [0.25, 0.3) is 5.91 Å². The van der Waals surface area contributed by atoms with Crippen LogP contribution in [0.1, 0.15) is 27.9 Å². The van der Waals surface area contributed by atoms with E-state index < -0.39 is 0 Å². The molecule has 0 saturated carbocycles. The zero-order valence-electron chi connectivity index (χ0n) is 18.0. The van der Waals surface area contributed by atoms with Crippen LogP contribution in [0.5, 0.6) is 0 Å². The predicted octanol–water partition coefficient (Wildman–Crippen LogP) is 5.49. The van der Waals surface area contributed by atoms with Crippen molar-refractivity contribution >= 4 is 32.6 Å². The fraction of sp³-hybridized carbons (Fsp3) is 0.231. The molecule has 0 unspecified atom stereocenters. The number of anilines is 1. The first-order chi connectivity index (χ1) is 15.1. The molecule has 1 aromatic heterocycles. The average molecular weight is 430 g/mol. The van der Waals surface area contributed by atoms with Gasteiger partial charge in [0, 0.05) is 12.1 Å². The Bertz CT molecular complexity index is 1100. The predicted molar refractivity (Wildman–Crippen MR) is 130 cm³/mol. The zero-order valence-corrected chi connectivity index (χ0v) is 18.8. The van der Waals surface area contributed by atoms with Crippen molar-refractivity contribution in [1.82, 2.24) is 9.88 Å². The topological polar surface area (TPSA) is 36.4 Å². The molecule has 3 aromatic carbocycles. The molecule has 4 rings (SSSR count). The van der Waals surface area contributed by atoms with Crippen LogP contribution in [0.2, 0.25) is 0 Å². The molecule has 0 fully saturated rings. The summed E-state index contributed by atoms with van der Waals surface area (Å²) < 4.78 is 1.10. The van der Waals surface area contributed by atoms with Crippen LogP contribution in [-0.4, -0.2) is 43.0 Å². The number of hydrogen-bond acceptors (Lipinski definition) is 4. The summed E-state index contributed by atoms with van der Waals surface area (Å²) >= 11 is 1.57. The Hall–Kier alpha value is -3.02. The summed E-state index contributed by atoms with van der Waals surface area (Å²) in [5.41, 5.74) is 4.09. The number of nitrogens with zero attached hydrogens (tertiary/aromatic N) is 3. The second kappa shape index (κ2) is 9.86. The highest BCUT2D eigenvalue weighted by Crippen LogP contribution is 2.29. The number of benzene rings is 3. The summed E-state index contributed by atoms with van der Waals surface area (Å²) in [6, 6.07) is 26.4. The molecule has 0 bridgehead atoms. The molecule has 31 heavy (non-hydrogen) atoms. The molecule has 0 N–H and O–H groups in total. The standard InChI is InChI=1S/C26H27N3OS/c1-28(2)17-8-18-29(26-27-23-11-6-7-12-24(23)31-26)25(30)22-15-13-21(14-16-22)19-20-9-4-3-5-10-20/h3-7,9-16H,8,17-19H2,1-2H3. The zero-order chi connectivity index (χ0) is 21.6. The van der Waals surface area contributed by atoms with Gasteiger partial charge in [-0.3, -0.25) is 9.69 Å². The van der Waals surface area contributed by atoms with Gasteiger partial charge in [0.05, 0.1) is 10.2 Å². The summed E-state index contributed by atoms with van der Waals surface area (Å²) in [5.74, 6) is 0.00377. The van der Waals surface area contributed by atoms with Gasteiger partial charge in [0.2, 0.25) is 0 Å². The fourth-order valence-electron chi connectivity index (χ4n) is 3.56. The minimum absolute atomic E-state index is 0.00377. The molecule has 158 valence electrons. The Balaban J connectivity index is 1.55. The molecule has 4 aromatic rings. The molecule has 0 aliphatic carbocycles. The van der Waals surface area contributed by atoms with Crippen LogP contribution in [-0.2, 0) is 6.42 Å². The Morgan fingerprint density at radius 2 is 1.52 bits per heavy atom. The van der Waals surface area contributed by atoms with E-state index in [1.165, 1.54) is 11.1 Å². The quantitative estimate of drug-likeness (QED) is 0.372. The average Bonchev–Trinajstić information content (AvgIpc) is 3.21. The molecule has 0 atom stereocenters. The van der Waals surface area contributed by atoms with Crippen LogP contribution >= 0.6 is 11.3 Å². The summed E-state index contributed by atoms with van der Waals surface area (Å²) in [5, 5.41) is 0.762. The largest absolute Gasteiger partial charge is 0.309 e. The third-order valence-electron chi connectivity index (χ3n) is 5.20. The van der Waals surface area contributed by atoms with Crippen LogP contribution in [0.15, 0.2) is 78.9 Å². The van der Waals surface area contributed by atoms with E-state index in [-0.39, 0.29) is 5.91 Å². The number of amides is 1. The third-order valence-corrected chi connectivity index (χ3v) is 6.26. The molecule has 4 nitrogen and oxygen atoms in total. The maximum Gasteiger partial charge on any atom is 0.260 e. The molecule has 5 heteroatoms. The summed E-state index contributed by atoms with van der Waals surface area (Å²) in [6.07, 6.45) is 1.75. The normalized spacial score (nSPS) is 11.2. The number of thiazole rings is 1. The molecular formula is C26H27N3OS. The molecule has 0 aliphatic heterocycles. The Morgan fingerprint density at radius 3 is 2.23 bits per heavy atom. The van der Waals surface area contributed by atoms with E-state index in [1.54, 1.807) is 11.3 Å². The highest BCUT2D eigenvalue weighted by atomic mass is 32.1. The lowest BCUT2D eigenvalue weighted by Gasteiger charge is -2.21. The van der Waals surface area contributed by atoms with Gasteiger partial charge in [-0.25, -0.2) is 4.98 Å². The Labute approximate surface area is 187 Å². The van der Waals surface area contributed by atoms with E-state index in [0.717, 1.165) is 34.7 Å². The first-order valence-electron chi connectivity index (χ1n) is 10.6. The van der Waals surface area contributed by atoms with E-state index in [0.29, 0.717) is 12.1 Å². The molecular weight excluding hydrogens is 402 g/mol. The number of carbonyl (C=O) groups is 1. The van der Waals surface area contributed by atoms with Crippen molar-refractivity contribution in [3.63, 3.8) is 0 Å². The van der Waals surface area contributed by atoms with E-state index in [2.05, 4.69) is 61.5 Å². The lowest BCUT2D eigenvalue weighted by molar-refractivity contribution is 0.0986. The minimum atomic E-state index is 0.00377.